The van der Waals surface area contributed by atoms with Gasteiger partial charge in [-0.3, -0.25) is 4.90 Å². The number of ether oxygens (including phenoxy) is 1. The van der Waals surface area contributed by atoms with E-state index in [0.717, 1.165) is 36.2 Å². The van der Waals surface area contributed by atoms with Crippen LogP contribution in [-0.2, 0) is 17.9 Å². The topological polar surface area (TPSA) is 38.2 Å². The van der Waals surface area contributed by atoms with Gasteiger partial charge in [-0.1, -0.05) is 0 Å². The standard InChI is InChI=1S/C17H25N3O/c1-21-11-17-18-7-15(8-19-17)10-20-9-14-3-12-2-13(4-14)6-16(20)5-12/h7-8,12-14,16H,2-6,9-11H2,1H3/t12-,13+,14?,16?. The second-order valence-electron chi connectivity index (χ2n) is 7.30. The van der Waals surface area contributed by atoms with Crippen molar-refractivity contribution in [1.29, 1.82) is 0 Å². The molecule has 2 aliphatic heterocycles. The van der Waals surface area contributed by atoms with Crippen LogP contribution in [0.2, 0.25) is 0 Å². The number of nitrogens with zero attached hydrogens (tertiary/aromatic N) is 3. The maximum atomic E-state index is 5.07. The van der Waals surface area contributed by atoms with Gasteiger partial charge in [0.15, 0.2) is 5.82 Å². The normalized spacial score (nSPS) is 35.1. The smallest absolute Gasteiger partial charge is 0.153 e. The Morgan fingerprint density at radius 2 is 1.71 bits per heavy atom. The molecule has 0 aromatic carbocycles. The summed E-state index contributed by atoms with van der Waals surface area (Å²) in [5, 5.41) is 0. The predicted octanol–water partition coefficient (Wildman–Crippen LogP) is 2.63. The van der Waals surface area contributed by atoms with Gasteiger partial charge >= 0.3 is 0 Å². The molecular weight excluding hydrogens is 262 g/mol. The van der Waals surface area contributed by atoms with Crippen molar-refractivity contribution in [3.63, 3.8) is 0 Å². The van der Waals surface area contributed by atoms with Gasteiger partial charge in [0.05, 0.1) is 0 Å². The van der Waals surface area contributed by atoms with E-state index in [0.29, 0.717) is 6.61 Å². The van der Waals surface area contributed by atoms with Crippen molar-refractivity contribution in [2.45, 2.75) is 51.3 Å². The number of fused-ring (bicyclic) bond motifs is 1. The van der Waals surface area contributed by atoms with Crippen LogP contribution in [0.5, 0.6) is 0 Å². The van der Waals surface area contributed by atoms with E-state index in [-0.39, 0.29) is 0 Å². The largest absolute Gasteiger partial charge is 0.377 e. The van der Waals surface area contributed by atoms with Crippen molar-refractivity contribution in [2.24, 2.45) is 17.8 Å². The zero-order valence-corrected chi connectivity index (χ0v) is 12.9. The summed E-state index contributed by atoms with van der Waals surface area (Å²) in [5.74, 6) is 3.74. The summed E-state index contributed by atoms with van der Waals surface area (Å²) in [6.07, 6.45) is 11.3. The first-order valence-corrected chi connectivity index (χ1v) is 8.33. The van der Waals surface area contributed by atoms with Crippen LogP contribution in [0.1, 0.15) is 43.5 Å². The van der Waals surface area contributed by atoms with Gasteiger partial charge in [0, 0.05) is 44.2 Å². The summed E-state index contributed by atoms with van der Waals surface area (Å²) in [6, 6.07) is 0.805. The summed E-state index contributed by atoms with van der Waals surface area (Å²) >= 11 is 0. The fourth-order valence-electron chi connectivity index (χ4n) is 4.98. The molecule has 0 spiro atoms. The van der Waals surface area contributed by atoms with Crippen molar-refractivity contribution in [3.8, 4) is 0 Å². The van der Waals surface area contributed by atoms with Crippen molar-refractivity contribution in [2.75, 3.05) is 13.7 Å². The molecule has 2 unspecified atom stereocenters. The Kier molecular flexibility index (Phi) is 3.67. The Hall–Kier alpha value is -1.00. The second-order valence-corrected chi connectivity index (χ2v) is 7.30. The fourth-order valence-corrected chi connectivity index (χ4v) is 4.98. The summed E-state index contributed by atoms with van der Waals surface area (Å²) < 4.78 is 5.07. The summed E-state index contributed by atoms with van der Waals surface area (Å²) in [7, 11) is 1.68. The van der Waals surface area contributed by atoms with Gasteiger partial charge < -0.3 is 4.74 Å². The molecule has 3 heterocycles. The van der Waals surface area contributed by atoms with Crippen molar-refractivity contribution in [3.05, 3.63) is 23.8 Å². The SMILES string of the molecule is COCc1ncc(CN2CC3C[C@@H]4CC2C[C@H](C3)C4)cn1. The maximum Gasteiger partial charge on any atom is 0.153 e. The molecule has 1 aromatic rings. The van der Waals surface area contributed by atoms with Crippen LogP contribution in [0.25, 0.3) is 0 Å². The fraction of sp³-hybridized carbons (Fsp3) is 0.765. The second kappa shape index (κ2) is 5.65. The van der Waals surface area contributed by atoms with E-state index in [9.17, 15) is 0 Å². The molecule has 4 heteroatoms. The number of hydrogen-bond donors (Lipinski definition) is 0. The average Bonchev–Trinajstić information content (AvgIpc) is 2.65. The lowest BCUT2D eigenvalue weighted by Crippen LogP contribution is -2.37. The minimum Gasteiger partial charge on any atom is -0.377 e. The number of aromatic nitrogens is 2. The highest BCUT2D eigenvalue weighted by atomic mass is 16.5. The Morgan fingerprint density at radius 3 is 2.38 bits per heavy atom. The van der Waals surface area contributed by atoms with E-state index in [1.54, 1.807) is 7.11 Å². The third-order valence-electron chi connectivity index (χ3n) is 5.64. The highest BCUT2D eigenvalue weighted by Gasteiger charge is 2.42. The van der Waals surface area contributed by atoms with Crippen LogP contribution < -0.4 is 0 Å². The van der Waals surface area contributed by atoms with Crippen LogP contribution in [0, 0.1) is 17.8 Å². The monoisotopic (exact) mass is 287 g/mol. The lowest BCUT2D eigenvalue weighted by Gasteiger charge is -2.39. The van der Waals surface area contributed by atoms with Crippen molar-refractivity contribution < 1.29 is 4.74 Å². The van der Waals surface area contributed by atoms with Gasteiger partial charge in [0.25, 0.3) is 0 Å². The van der Waals surface area contributed by atoms with E-state index in [4.69, 9.17) is 4.74 Å². The molecular formula is C17H25N3O. The molecule has 0 radical (unpaired) electrons. The molecule has 4 bridgehead atoms. The molecule has 2 saturated heterocycles. The van der Waals surface area contributed by atoms with Crippen LogP contribution in [0.3, 0.4) is 0 Å². The number of methoxy groups -OCH3 is 1. The van der Waals surface area contributed by atoms with Crippen molar-refractivity contribution >= 4 is 0 Å². The van der Waals surface area contributed by atoms with E-state index in [1.165, 1.54) is 44.2 Å². The maximum absolute atomic E-state index is 5.07. The minimum absolute atomic E-state index is 0.498. The summed E-state index contributed by atoms with van der Waals surface area (Å²) in [5.41, 5.74) is 1.25. The third-order valence-corrected chi connectivity index (χ3v) is 5.64. The first-order chi connectivity index (χ1) is 10.3. The zero-order chi connectivity index (χ0) is 14.2. The van der Waals surface area contributed by atoms with E-state index in [2.05, 4.69) is 14.9 Å². The van der Waals surface area contributed by atoms with Gasteiger partial charge in [0.2, 0.25) is 0 Å². The molecule has 0 N–H and O–H groups in total. The Morgan fingerprint density at radius 1 is 1.05 bits per heavy atom. The molecule has 21 heavy (non-hydrogen) atoms. The lowest BCUT2D eigenvalue weighted by molar-refractivity contribution is 0.122. The Balaban J connectivity index is 1.46. The number of rotatable bonds is 4. The molecule has 2 saturated carbocycles. The molecule has 1 aromatic heterocycles. The molecule has 4 aliphatic rings. The van der Waals surface area contributed by atoms with E-state index >= 15 is 0 Å². The predicted molar refractivity (Wildman–Crippen MR) is 80.5 cm³/mol. The van der Waals surface area contributed by atoms with Crippen LogP contribution in [-0.4, -0.2) is 34.6 Å². The first kappa shape index (κ1) is 13.6. The minimum atomic E-state index is 0.498. The van der Waals surface area contributed by atoms with E-state index < -0.39 is 0 Å². The van der Waals surface area contributed by atoms with Gasteiger partial charge in [-0.05, 0) is 49.9 Å². The van der Waals surface area contributed by atoms with Crippen LogP contribution in [0.15, 0.2) is 12.4 Å². The molecule has 5 rings (SSSR count). The highest BCUT2D eigenvalue weighted by molar-refractivity contribution is 5.07. The third kappa shape index (κ3) is 2.84. The molecule has 0 amide bonds. The van der Waals surface area contributed by atoms with Crippen LogP contribution >= 0.6 is 0 Å². The quantitative estimate of drug-likeness (QED) is 0.853. The molecule has 4 atom stereocenters. The van der Waals surface area contributed by atoms with Gasteiger partial charge in [-0.2, -0.15) is 0 Å². The highest BCUT2D eigenvalue weighted by Crippen LogP contribution is 2.47. The van der Waals surface area contributed by atoms with E-state index in [1.807, 2.05) is 12.4 Å². The summed E-state index contributed by atoms with van der Waals surface area (Å²) in [6.45, 7) is 2.81. The first-order valence-electron chi connectivity index (χ1n) is 8.33. The van der Waals surface area contributed by atoms with Gasteiger partial charge in [-0.25, -0.2) is 9.97 Å². The lowest BCUT2D eigenvalue weighted by atomic mass is 9.68. The summed E-state index contributed by atoms with van der Waals surface area (Å²) in [4.78, 5) is 11.5. The average molecular weight is 287 g/mol. The van der Waals surface area contributed by atoms with Crippen molar-refractivity contribution in [1.82, 2.24) is 14.9 Å². The molecule has 114 valence electrons. The molecule has 4 fully saturated rings. The zero-order valence-electron chi connectivity index (χ0n) is 12.9. The molecule has 2 aliphatic carbocycles. The molecule has 4 nitrogen and oxygen atoms in total. The Bertz CT molecular complexity index is 475. The Labute approximate surface area is 126 Å². The van der Waals surface area contributed by atoms with Crippen LogP contribution in [0.4, 0.5) is 0 Å². The number of hydrogen-bond acceptors (Lipinski definition) is 4. The van der Waals surface area contributed by atoms with Gasteiger partial charge in [-0.15, -0.1) is 0 Å². The van der Waals surface area contributed by atoms with Gasteiger partial charge in [0.1, 0.15) is 6.61 Å².